The molecular weight excluding hydrogens is 246 g/mol. The van der Waals surface area contributed by atoms with Crippen LogP contribution in [0.5, 0.6) is 0 Å². The Morgan fingerprint density at radius 3 is 2.65 bits per heavy atom. The van der Waals surface area contributed by atoms with Gasteiger partial charge in [-0.3, -0.25) is 4.98 Å². The number of pyridine rings is 2. The molecule has 0 radical (unpaired) electrons. The van der Waals surface area contributed by atoms with Gasteiger partial charge in [0, 0.05) is 23.5 Å². The van der Waals surface area contributed by atoms with Crippen molar-refractivity contribution in [3.8, 4) is 0 Å². The Bertz CT molecular complexity index is 763. The molecule has 3 nitrogen and oxygen atoms in total. The number of rotatable bonds is 3. The Balaban J connectivity index is 2.35. The van der Waals surface area contributed by atoms with Crippen LogP contribution in [0.3, 0.4) is 0 Å². The van der Waals surface area contributed by atoms with E-state index in [1.165, 1.54) is 5.56 Å². The first-order valence-corrected chi connectivity index (χ1v) is 7.13. The summed E-state index contributed by atoms with van der Waals surface area (Å²) in [5.41, 5.74) is 3.21. The van der Waals surface area contributed by atoms with E-state index in [9.17, 15) is 0 Å². The summed E-state index contributed by atoms with van der Waals surface area (Å²) in [6.45, 7) is 7.36. The number of benzene rings is 1. The highest BCUT2D eigenvalue weighted by molar-refractivity contribution is 6.03. The Morgan fingerprint density at radius 1 is 1.10 bits per heavy atom. The van der Waals surface area contributed by atoms with E-state index in [0.29, 0.717) is 5.92 Å². The molecule has 0 spiro atoms. The summed E-state index contributed by atoms with van der Waals surface area (Å²) in [6, 6.07) is 10.5. The molecule has 0 aliphatic heterocycles. The van der Waals surface area contributed by atoms with E-state index in [-0.39, 0.29) is 0 Å². The van der Waals surface area contributed by atoms with Gasteiger partial charge in [0.05, 0.1) is 11.0 Å². The molecule has 3 aromatic rings. The third-order valence-electron chi connectivity index (χ3n) is 3.55. The molecule has 0 atom stereocenters. The summed E-state index contributed by atoms with van der Waals surface area (Å²) in [5, 5.41) is 5.66. The third-order valence-corrected chi connectivity index (χ3v) is 3.55. The highest BCUT2D eigenvalue weighted by atomic mass is 15.0. The van der Waals surface area contributed by atoms with Crippen molar-refractivity contribution >= 4 is 27.6 Å². The Hall–Kier alpha value is -2.16. The van der Waals surface area contributed by atoms with Gasteiger partial charge in [-0.2, -0.15) is 0 Å². The molecule has 0 aliphatic carbocycles. The van der Waals surface area contributed by atoms with Crippen molar-refractivity contribution in [2.45, 2.75) is 26.7 Å². The van der Waals surface area contributed by atoms with Crippen LogP contribution in [0.1, 0.15) is 32.3 Å². The largest absolute Gasteiger partial charge is 0.370 e. The lowest BCUT2D eigenvalue weighted by Crippen LogP contribution is -2.05. The van der Waals surface area contributed by atoms with E-state index in [0.717, 1.165) is 34.2 Å². The molecule has 0 saturated heterocycles. The zero-order chi connectivity index (χ0) is 14.1. The van der Waals surface area contributed by atoms with Crippen molar-refractivity contribution in [2.75, 3.05) is 11.9 Å². The monoisotopic (exact) mass is 265 g/mol. The second kappa shape index (κ2) is 5.08. The normalized spacial score (nSPS) is 11.4. The second-order valence-electron chi connectivity index (χ2n) is 5.32. The fraction of sp³-hybridized carbons (Fsp3) is 0.294. The molecule has 1 aromatic carbocycles. The molecule has 0 unspecified atom stereocenters. The molecule has 2 aromatic heterocycles. The van der Waals surface area contributed by atoms with Crippen LogP contribution in [0.4, 0.5) is 5.82 Å². The van der Waals surface area contributed by atoms with E-state index in [1.54, 1.807) is 0 Å². The van der Waals surface area contributed by atoms with E-state index < -0.39 is 0 Å². The standard InChI is InChI=1S/C17H19N3/c1-4-18-17-14(11(2)3)10-13-8-7-12-6-5-9-19-15(12)16(13)20-17/h5-11H,4H2,1-3H3,(H,18,20). The average Bonchev–Trinajstić information content (AvgIpc) is 2.46. The number of nitrogens with zero attached hydrogens (tertiary/aromatic N) is 2. The van der Waals surface area contributed by atoms with Gasteiger partial charge in [-0.15, -0.1) is 0 Å². The van der Waals surface area contributed by atoms with Gasteiger partial charge in [0.25, 0.3) is 0 Å². The SMILES string of the molecule is CCNc1nc2c(ccc3cccnc32)cc1C(C)C. The van der Waals surface area contributed by atoms with Gasteiger partial charge in [-0.1, -0.05) is 32.0 Å². The minimum Gasteiger partial charge on any atom is -0.370 e. The number of aromatic nitrogens is 2. The van der Waals surface area contributed by atoms with Crippen LogP contribution in [0.25, 0.3) is 21.8 Å². The minimum atomic E-state index is 0.445. The molecule has 0 amide bonds. The number of hydrogen-bond acceptors (Lipinski definition) is 3. The predicted octanol–water partition coefficient (Wildman–Crippen LogP) is 4.34. The molecule has 1 N–H and O–H groups in total. The van der Waals surface area contributed by atoms with Crippen LogP contribution in [0.2, 0.25) is 0 Å². The molecule has 0 saturated carbocycles. The van der Waals surface area contributed by atoms with Gasteiger partial charge in [0.15, 0.2) is 0 Å². The lowest BCUT2D eigenvalue weighted by atomic mass is 10.0. The number of hydrogen-bond donors (Lipinski definition) is 1. The van der Waals surface area contributed by atoms with Gasteiger partial charge >= 0.3 is 0 Å². The van der Waals surface area contributed by atoms with Crippen LogP contribution in [0, 0.1) is 0 Å². The topological polar surface area (TPSA) is 37.8 Å². The Labute approximate surface area is 119 Å². The van der Waals surface area contributed by atoms with Crippen molar-refractivity contribution < 1.29 is 0 Å². The lowest BCUT2D eigenvalue weighted by molar-refractivity contribution is 0.862. The minimum absolute atomic E-state index is 0.445. The number of anilines is 1. The first-order valence-electron chi connectivity index (χ1n) is 7.13. The van der Waals surface area contributed by atoms with Crippen molar-refractivity contribution in [3.05, 3.63) is 42.1 Å². The maximum absolute atomic E-state index is 4.84. The second-order valence-corrected chi connectivity index (χ2v) is 5.32. The highest BCUT2D eigenvalue weighted by Crippen LogP contribution is 2.29. The molecule has 2 heterocycles. The molecule has 0 bridgehead atoms. The van der Waals surface area contributed by atoms with Crippen LogP contribution >= 0.6 is 0 Å². The smallest absolute Gasteiger partial charge is 0.130 e. The van der Waals surface area contributed by atoms with Gasteiger partial charge < -0.3 is 5.32 Å². The van der Waals surface area contributed by atoms with Crippen LogP contribution in [-0.2, 0) is 0 Å². The van der Waals surface area contributed by atoms with Gasteiger partial charge in [-0.25, -0.2) is 4.98 Å². The lowest BCUT2D eigenvalue weighted by Gasteiger charge is -2.14. The molecule has 0 aliphatic rings. The Morgan fingerprint density at radius 2 is 1.90 bits per heavy atom. The molecule has 3 rings (SSSR count). The Kier molecular flexibility index (Phi) is 3.26. The predicted molar refractivity (Wildman–Crippen MR) is 85.3 cm³/mol. The van der Waals surface area contributed by atoms with Gasteiger partial charge in [-0.05, 0) is 30.5 Å². The summed E-state index contributed by atoms with van der Waals surface area (Å²) < 4.78 is 0. The van der Waals surface area contributed by atoms with E-state index >= 15 is 0 Å². The summed E-state index contributed by atoms with van der Waals surface area (Å²) in [4.78, 5) is 9.34. The first-order chi connectivity index (χ1) is 9.70. The summed E-state index contributed by atoms with van der Waals surface area (Å²) in [6.07, 6.45) is 1.83. The van der Waals surface area contributed by atoms with Crippen LogP contribution in [-0.4, -0.2) is 16.5 Å². The zero-order valence-corrected chi connectivity index (χ0v) is 12.1. The van der Waals surface area contributed by atoms with Crippen LogP contribution < -0.4 is 5.32 Å². The maximum Gasteiger partial charge on any atom is 0.130 e. The van der Waals surface area contributed by atoms with E-state index in [2.05, 4.69) is 55.3 Å². The van der Waals surface area contributed by atoms with Crippen LogP contribution in [0.15, 0.2) is 36.5 Å². The number of fused-ring (bicyclic) bond motifs is 3. The highest BCUT2D eigenvalue weighted by Gasteiger charge is 2.11. The van der Waals surface area contributed by atoms with E-state index in [1.807, 2.05) is 12.3 Å². The maximum atomic E-state index is 4.84. The fourth-order valence-corrected chi connectivity index (χ4v) is 2.54. The third kappa shape index (κ3) is 2.09. The first kappa shape index (κ1) is 12.9. The van der Waals surface area contributed by atoms with E-state index in [4.69, 9.17) is 4.98 Å². The van der Waals surface area contributed by atoms with Gasteiger partial charge in [0.2, 0.25) is 0 Å². The fourth-order valence-electron chi connectivity index (χ4n) is 2.54. The summed E-state index contributed by atoms with van der Waals surface area (Å²) in [5.74, 6) is 1.42. The van der Waals surface area contributed by atoms with Crippen molar-refractivity contribution in [2.24, 2.45) is 0 Å². The zero-order valence-electron chi connectivity index (χ0n) is 12.1. The summed E-state index contributed by atoms with van der Waals surface area (Å²) >= 11 is 0. The molecule has 3 heteroatoms. The number of nitrogens with one attached hydrogen (secondary N) is 1. The van der Waals surface area contributed by atoms with Crippen molar-refractivity contribution in [1.82, 2.24) is 9.97 Å². The molecular formula is C17H19N3. The average molecular weight is 265 g/mol. The molecule has 20 heavy (non-hydrogen) atoms. The van der Waals surface area contributed by atoms with Crippen molar-refractivity contribution in [3.63, 3.8) is 0 Å². The van der Waals surface area contributed by atoms with Gasteiger partial charge in [0.1, 0.15) is 5.82 Å². The molecule has 102 valence electrons. The summed E-state index contributed by atoms with van der Waals surface area (Å²) in [7, 11) is 0. The molecule has 0 fully saturated rings. The van der Waals surface area contributed by atoms with Crippen molar-refractivity contribution in [1.29, 1.82) is 0 Å². The quantitative estimate of drug-likeness (QED) is 0.716.